The van der Waals surface area contributed by atoms with Gasteiger partial charge in [-0.3, -0.25) is 0 Å². The highest BCUT2D eigenvalue weighted by molar-refractivity contribution is 6.00. The zero-order chi connectivity index (χ0) is 11.4. The van der Waals surface area contributed by atoms with Gasteiger partial charge < -0.3 is 9.94 Å². The van der Waals surface area contributed by atoms with E-state index in [0.29, 0.717) is 11.6 Å². The zero-order valence-corrected chi connectivity index (χ0v) is 9.52. The molecule has 0 amide bonds. The van der Waals surface area contributed by atoms with Gasteiger partial charge in [-0.2, -0.15) is 0 Å². The fourth-order valence-corrected chi connectivity index (χ4v) is 1.81. The molecule has 0 saturated heterocycles. The first kappa shape index (κ1) is 11.0. The molecule has 16 heavy (non-hydrogen) atoms. The molecule has 3 heteroatoms. The Morgan fingerprint density at radius 1 is 1.44 bits per heavy atom. The largest absolute Gasteiger partial charge is 0.493 e. The molecule has 1 saturated carbocycles. The van der Waals surface area contributed by atoms with Gasteiger partial charge in [-0.15, -0.1) is 0 Å². The van der Waals surface area contributed by atoms with Crippen molar-refractivity contribution in [1.82, 2.24) is 0 Å². The lowest BCUT2D eigenvalue weighted by molar-refractivity contribution is 0.180. The molecular formula is C13H17NO2. The number of oxime groups is 1. The van der Waals surface area contributed by atoms with Gasteiger partial charge in [0.2, 0.25) is 0 Å². The minimum absolute atomic E-state index is 0.587. The van der Waals surface area contributed by atoms with Crippen LogP contribution in [0.4, 0.5) is 0 Å². The van der Waals surface area contributed by atoms with Crippen molar-refractivity contribution in [3.63, 3.8) is 0 Å². The summed E-state index contributed by atoms with van der Waals surface area (Å²) in [6.45, 7) is 2.54. The predicted octanol–water partition coefficient (Wildman–Crippen LogP) is 3.06. The van der Waals surface area contributed by atoms with Crippen LogP contribution < -0.4 is 4.74 Å². The number of benzene rings is 1. The topological polar surface area (TPSA) is 41.8 Å². The lowest BCUT2D eigenvalue weighted by atomic mass is 9.86. The molecule has 3 nitrogen and oxygen atoms in total. The third-order valence-electron chi connectivity index (χ3n) is 3.13. The summed E-state index contributed by atoms with van der Waals surface area (Å²) in [5, 5.41) is 12.0. The van der Waals surface area contributed by atoms with E-state index in [1.807, 2.05) is 24.3 Å². The number of hydrogen-bond acceptors (Lipinski definition) is 3. The summed E-state index contributed by atoms with van der Waals surface area (Å²) in [5.74, 6) is 1.52. The monoisotopic (exact) mass is 219 g/mol. The van der Waals surface area contributed by atoms with Crippen LogP contribution in [0.25, 0.3) is 0 Å². The normalized spacial score (nSPS) is 16.9. The maximum absolute atomic E-state index is 8.78. The van der Waals surface area contributed by atoms with Crippen molar-refractivity contribution in [3.8, 4) is 5.75 Å². The second kappa shape index (κ2) is 5.01. The lowest BCUT2D eigenvalue weighted by Crippen LogP contribution is -2.19. The molecule has 2 rings (SSSR count). The Hall–Kier alpha value is -1.51. The molecule has 0 atom stereocenters. The van der Waals surface area contributed by atoms with Crippen LogP contribution in [0.2, 0.25) is 0 Å². The molecule has 0 spiro atoms. The highest BCUT2D eigenvalue weighted by Crippen LogP contribution is 2.28. The van der Waals surface area contributed by atoms with Crippen LogP contribution >= 0.6 is 0 Å². The molecule has 0 aliphatic heterocycles. The Labute approximate surface area is 95.7 Å². The van der Waals surface area contributed by atoms with E-state index in [-0.39, 0.29) is 0 Å². The maximum Gasteiger partial charge on any atom is 0.128 e. The van der Waals surface area contributed by atoms with Crippen molar-refractivity contribution >= 4 is 5.71 Å². The van der Waals surface area contributed by atoms with E-state index in [0.717, 1.165) is 17.9 Å². The molecular weight excluding hydrogens is 202 g/mol. The molecule has 0 unspecified atom stereocenters. The summed E-state index contributed by atoms with van der Waals surface area (Å²) < 4.78 is 5.77. The fourth-order valence-electron chi connectivity index (χ4n) is 1.81. The Bertz CT molecular complexity index is 383. The summed E-state index contributed by atoms with van der Waals surface area (Å²) in [5.41, 5.74) is 1.45. The van der Waals surface area contributed by atoms with Crippen molar-refractivity contribution in [2.24, 2.45) is 11.1 Å². The molecule has 1 N–H and O–H groups in total. The average molecular weight is 219 g/mol. The minimum atomic E-state index is 0.587. The molecule has 0 aromatic heterocycles. The van der Waals surface area contributed by atoms with Crippen molar-refractivity contribution in [3.05, 3.63) is 29.8 Å². The van der Waals surface area contributed by atoms with Crippen molar-refractivity contribution in [2.75, 3.05) is 6.61 Å². The van der Waals surface area contributed by atoms with Gasteiger partial charge in [-0.25, -0.2) is 0 Å². The highest BCUT2D eigenvalue weighted by atomic mass is 16.5. The van der Waals surface area contributed by atoms with Gasteiger partial charge in [0.25, 0.3) is 0 Å². The van der Waals surface area contributed by atoms with Gasteiger partial charge in [0.05, 0.1) is 12.3 Å². The summed E-state index contributed by atoms with van der Waals surface area (Å²) in [6, 6.07) is 7.68. The van der Waals surface area contributed by atoms with Gasteiger partial charge in [-0.1, -0.05) is 23.7 Å². The van der Waals surface area contributed by atoms with Crippen LogP contribution in [-0.2, 0) is 0 Å². The number of rotatable bonds is 4. The number of para-hydroxylation sites is 1. The van der Waals surface area contributed by atoms with Gasteiger partial charge >= 0.3 is 0 Å². The molecule has 1 aliphatic carbocycles. The van der Waals surface area contributed by atoms with Crippen LogP contribution in [-0.4, -0.2) is 17.5 Å². The quantitative estimate of drug-likeness (QED) is 0.480. The van der Waals surface area contributed by atoms with Crippen LogP contribution in [0, 0.1) is 5.92 Å². The van der Waals surface area contributed by atoms with Gasteiger partial charge in [-0.05, 0) is 37.8 Å². The smallest absolute Gasteiger partial charge is 0.128 e. The second-order valence-corrected chi connectivity index (χ2v) is 4.29. The highest BCUT2D eigenvalue weighted by Gasteiger charge is 2.18. The van der Waals surface area contributed by atoms with Gasteiger partial charge in [0.15, 0.2) is 0 Å². The van der Waals surface area contributed by atoms with E-state index in [4.69, 9.17) is 9.94 Å². The number of hydrogen-bond donors (Lipinski definition) is 1. The van der Waals surface area contributed by atoms with E-state index in [1.54, 1.807) is 6.92 Å². The molecule has 1 aromatic carbocycles. The zero-order valence-electron chi connectivity index (χ0n) is 9.52. The Balaban J connectivity index is 2.06. The third-order valence-corrected chi connectivity index (χ3v) is 3.13. The summed E-state index contributed by atoms with van der Waals surface area (Å²) in [7, 11) is 0. The van der Waals surface area contributed by atoms with Crippen LogP contribution in [0.5, 0.6) is 5.75 Å². The van der Waals surface area contributed by atoms with Crippen LogP contribution in [0.1, 0.15) is 31.7 Å². The molecule has 0 radical (unpaired) electrons. The van der Waals surface area contributed by atoms with E-state index in [1.165, 1.54) is 19.3 Å². The van der Waals surface area contributed by atoms with Crippen molar-refractivity contribution in [2.45, 2.75) is 26.2 Å². The van der Waals surface area contributed by atoms with Crippen LogP contribution in [0.15, 0.2) is 29.4 Å². The summed E-state index contributed by atoms with van der Waals surface area (Å²) in [4.78, 5) is 0. The molecule has 0 bridgehead atoms. The molecule has 1 aromatic rings. The first-order valence-electron chi connectivity index (χ1n) is 5.72. The number of ether oxygens (including phenoxy) is 1. The maximum atomic E-state index is 8.78. The van der Waals surface area contributed by atoms with E-state index >= 15 is 0 Å². The molecule has 0 heterocycles. The average Bonchev–Trinajstić information content (AvgIpc) is 2.26. The van der Waals surface area contributed by atoms with E-state index in [9.17, 15) is 0 Å². The Kier molecular flexibility index (Phi) is 3.44. The second-order valence-electron chi connectivity index (χ2n) is 4.29. The molecule has 1 fully saturated rings. The predicted molar refractivity (Wildman–Crippen MR) is 63.3 cm³/mol. The standard InChI is InChI=1S/C13H17NO2/c1-10(14-15)12-7-2-3-8-13(12)16-9-11-5-4-6-11/h2-3,7-8,11,15H,4-6,9H2,1H3. The molecule has 1 aliphatic rings. The van der Waals surface area contributed by atoms with Crippen LogP contribution in [0.3, 0.4) is 0 Å². The lowest BCUT2D eigenvalue weighted by Gasteiger charge is -2.25. The fraction of sp³-hybridized carbons (Fsp3) is 0.462. The number of nitrogens with zero attached hydrogens (tertiary/aromatic N) is 1. The van der Waals surface area contributed by atoms with Crippen molar-refractivity contribution in [1.29, 1.82) is 0 Å². The first-order valence-corrected chi connectivity index (χ1v) is 5.72. The van der Waals surface area contributed by atoms with E-state index in [2.05, 4.69) is 5.16 Å². The van der Waals surface area contributed by atoms with Gasteiger partial charge in [0, 0.05) is 5.56 Å². The third kappa shape index (κ3) is 2.35. The first-order chi connectivity index (χ1) is 7.81. The van der Waals surface area contributed by atoms with E-state index < -0.39 is 0 Å². The Morgan fingerprint density at radius 3 is 2.81 bits per heavy atom. The summed E-state index contributed by atoms with van der Waals surface area (Å²) in [6.07, 6.45) is 3.87. The SMILES string of the molecule is CC(=NO)c1ccccc1OCC1CCC1. The summed E-state index contributed by atoms with van der Waals surface area (Å²) >= 11 is 0. The Morgan fingerprint density at radius 2 is 2.19 bits per heavy atom. The molecule has 86 valence electrons. The van der Waals surface area contributed by atoms with Gasteiger partial charge in [0.1, 0.15) is 5.75 Å². The van der Waals surface area contributed by atoms with Crippen molar-refractivity contribution < 1.29 is 9.94 Å². The minimum Gasteiger partial charge on any atom is -0.493 e.